The van der Waals surface area contributed by atoms with Gasteiger partial charge in [-0.25, -0.2) is 0 Å². The lowest BCUT2D eigenvalue weighted by Crippen LogP contribution is -1.60. The highest BCUT2D eigenvalue weighted by molar-refractivity contribution is 14.2. The number of halogens is 2. The average molecular weight is 334 g/mol. The third-order valence-electron chi connectivity index (χ3n) is 0.669. The minimum atomic E-state index is 1.09. The van der Waals surface area contributed by atoms with Gasteiger partial charge in [-0.1, -0.05) is 12.2 Å². The number of allylic oxidation sites excluding steroid dienone is 2. The molecule has 0 N–H and O–H groups in total. The summed E-state index contributed by atoms with van der Waals surface area (Å²) in [4.78, 5) is 0. The van der Waals surface area contributed by atoms with E-state index in [9.17, 15) is 0 Å². The molecule has 0 saturated heterocycles. The Bertz CT molecular complexity index is 90.7. The maximum atomic E-state index is 3.62. The molecular weight excluding hydrogens is 326 g/mol. The zero-order chi connectivity index (χ0) is 6.41. The predicted octanol–water partition coefficient (Wildman–Crippen LogP) is 3.66. The van der Waals surface area contributed by atoms with Crippen LogP contribution >= 0.6 is 45.2 Å². The second kappa shape index (κ2) is 6.07. The predicted molar refractivity (Wildman–Crippen MR) is 55.6 cm³/mol. The van der Waals surface area contributed by atoms with Gasteiger partial charge in [-0.2, -0.15) is 0 Å². The molecule has 0 aliphatic heterocycles. The average Bonchev–Trinajstić information content (AvgIpc) is 1.66. The summed E-state index contributed by atoms with van der Waals surface area (Å²) in [7, 11) is 0. The van der Waals surface area contributed by atoms with Crippen LogP contribution in [0.1, 0.15) is 12.8 Å². The van der Waals surface area contributed by atoms with E-state index in [1.165, 1.54) is 1.59 Å². The van der Waals surface area contributed by atoms with E-state index in [0.717, 1.165) is 12.8 Å². The van der Waals surface area contributed by atoms with Crippen LogP contribution in [-0.4, -0.2) is 0 Å². The van der Waals surface area contributed by atoms with Crippen molar-refractivity contribution in [3.63, 3.8) is 0 Å². The van der Waals surface area contributed by atoms with Crippen molar-refractivity contribution in [2.24, 2.45) is 0 Å². The van der Waals surface area contributed by atoms with E-state index in [1.54, 1.807) is 0 Å². The van der Waals surface area contributed by atoms with Gasteiger partial charge < -0.3 is 0 Å². The molecule has 0 aromatic rings. The van der Waals surface area contributed by atoms with Crippen LogP contribution in [0.5, 0.6) is 0 Å². The Balaban J connectivity index is 3.15. The van der Waals surface area contributed by atoms with E-state index >= 15 is 0 Å². The fraction of sp³-hybridized carbons (Fsp3) is 0.333. The summed E-state index contributed by atoms with van der Waals surface area (Å²) in [6.07, 6.45) is 6.36. The highest BCUT2D eigenvalue weighted by atomic mass is 127. The van der Waals surface area contributed by atoms with Crippen molar-refractivity contribution in [3.8, 4) is 0 Å². The zero-order valence-electron chi connectivity index (χ0n) is 4.53. The molecule has 8 heavy (non-hydrogen) atoms. The fourth-order valence-electron chi connectivity index (χ4n) is 0.310. The van der Waals surface area contributed by atoms with Gasteiger partial charge in [0.2, 0.25) is 0 Å². The van der Waals surface area contributed by atoms with E-state index in [0.29, 0.717) is 0 Å². The molecule has 0 aromatic heterocycles. The Kier molecular flexibility index (Phi) is 6.78. The zero-order valence-corrected chi connectivity index (χ0v) is 8.85. The summed E-state index contributed by atoms with van der Waals surface area (Å²) in [5, 5.41) is 0. The fourth-order valence-corrected chi connectivity index (χ4v) is 0.933. The topological polar surface area (TPSA) is 0 Å². The Morgan fingerprint density at radius 1 is 1.38 bits per heavy atom. The van der Waals surface area contributed by atoms with Crippen molar-refractivity contribution in [1.82, 2.24) is 0 Å². The first-order chi connectivity index (χ1) is 3.77. The first-order valence-electron chi connectivity index (χ1n) is 2.39. The van der Waals surface area contributed by atoms with Crippen molar-refractivity contribution in [3.05, 3.63) is 20.3 Å². The molecule has 0 nitrogen and oxygen atoms in total. The van der Waals surface area contributed by atoms with E-state index in [1.807, 2.05) is 6.08 Å². The van der Waals surface area contributed by atoms with Gasteiger partial charge >= 0.3 is 0 Å². The normalized spacial score (nSPS) is 8.25. The third-order valence-corrected chi connectivity index (χ3v) is 1.55. The molecule has 0 unspecified atom stereocenters. The van der Waals surface area contributed by atoms with Gasteiger partial charge in [-0.05, 0) is 58.0 Å². The molecule has 0 fully saturated rings. The van der Waals surface area contributed by atoms with Crippen LogP contribution in [0.4, 0.5) is 0 Å². The molecule has 0 atom stereocenters. The molecule has 0 aromatic carbocycles. The first-order valence-corrected chi connectivity index (χ1v) is 4.55. The highest BCUT2D eigenvalue weighted by Crippen LogP contribution is 2.15. The van der Waals surface area contributed by atoms with Crippen LogP contribution in [-0.2, 0) is 0 Å². The SMILES string of the molecule is C=CCCC=C(I)I. The summed E-state index contributed by atoms with van der Waals surface area (Å²) in [6.45, 7) is 3.62. The quantitative estimate of drug-likeness (QED) is 0.420. The first kappa shape index (κ1) is 8.94. The monoisotopic (exact) mass is 334 g/mol. The molecule has 0 aliphatic rings. The van der Waals surface area contributed by atoms with Crippen LogP contribution in [0.3, 0.4) is 0 Å². The number of rotatable bonds is 3. The number of unbranched alkanes of at least 4 members (excludes halogenated alkanes) is 1. The minimum absolute atomic E-state index is 1.09. The van der Waals surface area contributed by atoms with Crippen LogP contribution < -0.4 is 0 Å². The summed E-state index contributed by atoms with van der Waals surface area (Å²) >= 11 is 4.59. The molecule has 0 heterocycles. The third kappa shape index (κ3) is 6.94. The molecule has 0 rings (SSSR count). The summed E-state index contributed by atoms with van der Waals surface area (Å²) in [5.41, 5.74) is 0. The lowest BCUT2D eigenvalue weighted by atomic mass is 10.3. The van der Waals surface area contributed by atoms with Gasteiger partial charge in [0.25, 0.3) is 0 Å². The summed E-state index contributed by atoms with van der Waals surface area (Å²) in [5.74, 6) is 0. The van der Waals surface area contributed by atoms with Crippen molar-refractivity contribution in [1.29, 1.82) is 0 Å². The second-order valence-electron chi connectivity index (χ2n) is 1.36. The lowest BCUT2D eigenvalue weighted by molar-refractivity contribution is 1.06. The van der Waals surface area contributed by atoms with E-state index in [4.69, 9.17) is 0 Å². The Morgan fingerprint density at radius 3 is 2.38 bits per heavy atom. The molecule has 0 amide bonds. The van der Waals surface area contributed by atoms with E-state index < -0.39 is 0 Å². The standard InChI is InChI=1S/C6H8I2/c1-2-3-4-5-6(7)8/h2,5H,1,3-4H2. The Labute approximate surface area is 77.7 Å². The van der Waals surface area contributed by atoms with Crippen LogP contribution in [0, 0.1) is 0 Å². The lowest BCUT2D eigenvalue weighted by Gasteiger charge is -1.83. The van der Waals surface area contributed by atoms with Crippen LogP contribution in [0.2, 0.25) is 0 Å². The Hall–Kier alpha value is 0.940. The molecule has 0 saturated carbocycles. The van der Waals surface area contributed by atoms with Crippen LogP contribution in [0.15, 0.2) is 20.3 Å². The van der Waals surface area contributed by atoms with E-state index in [-0.39, 0.29) is 0 Å². The summed E-state index contributed by atoms with van der Waals surface area (Å²) < 4.78 is 1.34. The van der Waals surface area contributed by atoms with Gasteiger partial charge in [0.15, 0.2) is 0 Å². The smallest absolute Gasteiger partial charge is 0.0474 e. The molecule has 0 spiro atoms. The number of hydrogen-bond acceptors (Lipinski definition) is 0. The molecule has 2 heteroatoms. The van der Waals surface area contributed by atoms with Gasteiger partial charge in [0, 0.05) is 1.59 Å². The van der Waals surface area contributed by atoms with E-state index in [2.05, 4.69) is 57.8 Å². The highest BCUT2D eigenvalue weighted by Gasteiger charge is 1.78. The summed E-state index contributed by atoms with van der Waals surface area (Å²) in [6, 6.07) is 0. The second-order valence-corrected chi connectivity index (χ2v) is 5.75. The van der Waals surface area contributed by atoms with Crippen molar-refractivity contribution in [2.45, 2.75) is 12.8 Å². The molecule has 0 bridgehead atoms. The maximum absolute atomic E-state index is 3.62. The van der Waals surface area contributed by atoms with Gasteiger partial charge in [0.1, 0.15) is 0 Å². The maximum Gasteiger partial charge on any atom is 0.0474 e. The largest absolute Gasteiger partial charge is 0.103 e. The molecular formula is C6H8I2. The van der Waals surface area contributed by atoms with Crippen molar-refractivity contribution >= 4 is 45.2 Å². The Morgan fingerprint density at radius 2 is 2.00 bits per heavy atom. The van der Waals surface area contributed by atoms with Crippen molar-refractivity contribution in [2.75, 3.05) is 0 Å². The molecule has 0 aliphatic carbocycles. The van der Waals surface area contributed by atoms with Crippen molar-refractivity contribution < 1.29 is 0 Å². The molecule has 46 valence electrons. The van der Waals surface area contributed by atoms with Gasteiger partial charge in [-0.3, -0.25) is 0 Å². The molecule has 0 radical (unpaired) electrons. The minimum Gasteiger partial charge on any atom is -0.103 e. The number of hydrogen-bond donors (Lipinski definition) is 0. The van der Waals surface area contributed by atoms with Gasteiger partial charge in [0.05, 0.1) is 0 Å². The van der Waals surface area contributed by atoms with Gasteiger partial charge in [-0.15, -0.1) is 6.58 Å². The van der Waals surface area contributed by atoms with Crippen LogP contribution in [0.25, 0.3) is 0 Å².